The topological polar surface area (TPSA) is 53.9 Å². The standard InChI is InChI=1S/C19H23N3O2S/c1-15(20-21-18(23)14-17-8-5-13-25-17)19(16-6-3-2-4-7-16)22-9-11-24-12-10-22/h2-8,13,19H,9-12,14H2,1H3,(H,21,23)/b20-15-/t19-/m1/s1. The van der Waals surface area contributed by atoms with Crippen LogP contribution >= 0.6 is 11.3 Å². The van der Waals surface area contributed by atoms with Crippen LogP contribution in [0.1, 0.15) is 23.4 Å². The van der Waals surface area contributed by atoms with Crippen molar-refractivity contribution in [1.29, 1.82) is 0 Å². The molecule has 3 rings (SSSR count). The van der Waals surface area contributed by atoms with Crippen LogP contribution in [0.2, 0.25) is 0 Å². The average molecular weight is 357 g/mol. The summed E-state index contributed by atoms with van der Waals surface area (Å²) in [6.45, 7) is 5.13. The Hall–Kier alpha value is -2.02. The summed E-state index contributed by atoms with van der Waals surface area (Å²) in [7, 11) is 0. The largest absolute Gasteiger partial charge is 0.379 e. The van der Waals surface area contributed by atoms with E-state index in [1.165, 1.54) is 5.56 Å². The SMILES string of the molecule is C/C(=N/NC(=O)Cc1cccs1)[C@H](c1ccccc1)N1CCOCC1. The third kappa shape index (κ3) is 4.98. The molecule has 0 spiro atoms. The average Bonchev–Trinajstić information content (AvgIpc) is 3.15. The number of rotatable bonds is 6. The van der Waals surface area contributed by atoms with Crippen molar-refractivity contribution in [2.24, 2.45) is 5.10 Å². The lowest BCUT2D eigenvalue weighted by Crippen LogP contribution is -2.42. The van der Waals surface area contributed by atoms with Gasteiger partial charge in [-0.15, -0.1) is 11.3 Å². The zero-order chi connectivity index (χ0) is 17.5. The maximum absolute atomic E-state index is 12.1. The van der Waals surface area contributed by atoms with Gasteiger partial charge in [0.25, 0.3) is 0 Å². The van der Waals surface area contributed by atoms with Crippen LogP contribution in [0.25, 0.3) is 0 Å². The Balaban J connectivity index is 1.71. The molecule has 132 valence electrons. The van der Waals surface area contributed by atoms with Gasteiger partial charge in [0.2, 0.25) is 5.91 Å². The summed E-state index contributed by atoms with van der Waals surface area (Å²) in [5, 5.41) is 6.37. The van der Waals surface area contributed by atoms with Gasteiger partial charge in [-0.3, -0.25) is 9.69 Å². The van der Waals surface area contributed by atoms with Gasteiger partial charge in [-0.2, -0.15) is 5.10 Å². The maximum Gasteiger partial charge on any atom is 0.245 e. The molecule has 1 fully saturated rings. The van der Waals surface area contributed by atoms with Gasteiger partial charge in [-0.25, -0.2) is 5.43 Å². The highest BCUT2D eigenvalue weighted by Crippen LogP contribution is 2.23. The summed E-state index contributed by atoms with van der Waals surface area (Å²) in [6, 6.07) is 14.2. The van der Waals surface area contributed by atoms with E-state index in [1.807, 2.05) is 42.6 Å². The van der Waals surface area contributed by atoms with Crippen molar-refractivity contribution in [1.82, 2.24) is 10.3 Å². The summed E-state index contributed by atoms with van der Waals surface area (Å²) < 4.78 is 5.47. The molecule has 1 aliphatic rings. The number of thiophene rings is 1. The first-order valence-corrected chi connectivity index (χ1v) is 9.34. The molecule has 1 aromatic carbocycles. The van der Waals surface area contributed by atoms with Crippen molar-refractivity contribution in [2.45, 2.75) is 19.4 Å². The second kappa shape index (κ2) is 8.89. The van der Waals surface area contributed by atoms with E-state index in [0.29, 0.717) is 6.42 Å². The van der Waals surface area contributed by atoms with Crippen LogP contribution in [0.4, 0.5) is 0 Å². The van der Waals surface area contributed by atoms with Crippen molar-refractivity contribution in [3.63, 3.8) is 0 Å². The lowest BCUT2D eigenvalue weighted by Gasteiger charge is -2.34. The molecule has 1 atom stereocenters. The number of hydrazone groups is 1. The molecule has 1 aliphatic heterocycles. The summed E-state index contributed by atoms with van der Waals surface area (Å²) in [5.41, 5.74) is 4.77. The number of hydrogen-bond acceptors (Lipinski definition) is 5. The molecule has 1 amide bonds. The zero-order valence-corrected chi connectivity index (χ0v) is 15.2. The Morgan fingerprint density at radius 2 is 2.00 bits per heavy atom. The molecule has 0 unspecified atom stereocenters. The van der Waals surface area contributed by atoms with Gasteiger partial charge in [0.1, 0.15) is 0 Å². The van der Waals surface area contributed by atoms with E-state index in [-0.39, 0.29) is 11.9 Å². The van der Waals surface area contributed by atoms with Crippen molar-refractivity contribution in [3.8, 4) is 0 Å². The number of ether oxygens (including phenoxy) is 1. The zero-order valence-electron chi connectivity index (χ0n) is 14.4. The smallest absolute Gasteiger partial charge is 0.245 e. The Bertz CT molecular complexity index is 695. The predicted octanol–water partition coefficient (Wildman–Crippen LogP) is 2.86. The summed E-state index contributed by atoms with van der Waals surface area (Å²) >= 11 is 1.58. The van der Waals surface area contributed by atoms with E-state index in [9.17, 15) is 4.79 Å². The van der Waals surface area contributed by atoms with E-state index in [2.05, 4.69) is 27.6 Å². The number of carbonyl (C=O) groups excluding carboxylic acids is 1. The molecular formula is C19H23N3O2S. The summed E-state index contributed by atoms with van der Waals surface area (Å²) in [5.74, 6) is -0.0874. The van der Waals surface area contributed by atoms with Gasteiger partial charge >= 0.3 is 0 Å². The fourth-order valence-corrected chi connectivity index (χ4v) is 3.71. The van der Waals surface area contributed by atoms with Crippen LogP contribution < -0.4 is 5.43 Å². The maximum atomic E-state index is 12.1. The molecule has 1 saturated heterocycles. The van der Waals surface area contributed by atoms with Crippen molar-refractivity contribution in [2.75, 3.05) is 26.3 Å². The Morgan fingerprint density at radius 3 is 2.68 bits per heavy atom. The molecule has 2 aromatic rings. The van der Waals surface area contributed by atoms with E-state index >= 15 is 0 Å². The molecule has 0 radical (unpaired) electrons. The lowest BCUT2D eigenvalue weighted by molar-refractivity contribution is -0.120. The number of carbonyl (C=O) groups is 1. The minimum Gasteiger partial charge on any atom is -0.379 e. The van der Waals surface area contributed by atoms with Gasteiger partial charge in [0, 0.05) is 18.0 Å². The second-order valence-electron chi connectivity index (χ2n) is 6.01. The number of nitrogens with one attached hydrogen (secondary N) is 1. The number of amides is 1. The van der Waals surface area contributed by atoms with Crippen LogP contribution in [0.15, 0.2) is 52.9 Å². The van der Waals surface area contributed by atoms with Crippen LogP contribution in [-0.4, -0.2) is 42.8 Å². The summed E-state index contributed by atoms with van der Waals surface area (Å²) in [6.07, 6.45) is 0.363. The number of morpholine rings is 1. The van der Waals surface area contributed by atoms with Crippen LogP contribution in [0, 0.1) is 0 Å². The summed E-state index contributed by atoms with van der Waals surface area (Å²) in [4.78, 5) is 15.5. The molecule has 1 N–H and O–H groups in total. The van der Waals surface area contributed by atoms with Gasteiger partial charge in [-0.05, 0) is 23.9 Å². The normalized spacial score (nSPS) is 17.2. The Kier molecular flexibility index (Phi) is 6.33. The highest BCUT2D eigenvalue weighted by molar-refractivity contribution is 7.10. The molecular weight excluding hydrogens is 334 g/mol. The third-order valence-corrected chi connectivity index (χ3v) is 5.07. The van der Waals surface area contributed by atoms with Crippen LogP contribution in [-0.2, 0) is 16.0 Å². The first kappa shape index (κ1) is 17.8. The number of hydrogen-bond donors (Lipinski definition) is 1. The van der Waals surface area contributed by atoms with Crippen LogP contribution in [0.3, 0.4) is 0 Å². The molecule has 1 aromatic heterocycles. The minimum atomic E-state index is -0.0874. The first-order chi connectivity index (χ1) is 12.2. The molecule has 2 heterocycles. The van der Waals surface area contributed by atoms with Gasteiger partial charge in [0.05, 0.1) is 31.4 Å². The molecule has 0 aliphatic carbocycles. The highest BCUT2D eigenvalue weighted by Gasteiger charge is 2.25. The lowest BCUT2D eigenvalue weighted by atomic mass is 10.0. The van der Waals surface area contributed by atoms with Gasteiger partial charge in [-0.1, -0.05) is 36.4 Å². The monoisotopic (exact) mass is 357 g/mol. The third-order valence-electron chi connectivity index (χ3n) is 4.19. The van der Waals surface area contributed by atoms with Gasteiger partial charge in [0.15, 0.2) is 0 Å². The molecule has 25 heavy (non-hydrogen) atoms. The minimum absolute atomic E-state index is 0.0483. The van der Waals surface area contributed by atoms with Crippen LogP contribution in [0.5, 0.6) is 0 Å². The first-order valence-electron chi connectivity index (χ1n) is 8.46. The Morgan fingerprint density at radius 1 is 1.24 bits per heavy atom. The molecule has 6 heteroatoms. The van der Waals surface area contributed by atoms with E-state index < -0.39 is 0 Å². The molecule has 0 bridgehead atoms. The van der Waals surface area contributed by atoms with Gasteiger partial charge < -0.3 is 4.74 Å². The van der Waals surface area contributed by atoms with Crippen molar-refractivity contribution in [3.05, 3.63) is 58.3 Å². The molecule has 5 nitrogen and oxygen atoms in total. The number of nitrogens with zero attached hydrogens (tertiary/aromatic N) is 2. The Labute approximate surface area is 152 Å². The highest BCUT2D eigenvalue weighted by atomic mass is 32.1. The van der Waals surface area contributed by atoms with Crippen molar-refractivity contribution < 1.29 is 9.53 Å². The quantitative estimate of drug-likeness (QED) is 0.639. The van der Waals surface area contributed by atoms with E-state index in [0.717, 1.165) is 36.9 Å². The second-order valence-corrected chi connectivity index (χ2v) is 7.04. The van der Waals surface area contributed by atoms with E-state index in [1.54, 1.807) is 11.3 Å². The fourth-order valence-electron chi connectivity index (χ4n) is 3.01. The molecule has 0 saturated carbocycles. The fraction of sp³-hybridized carbons (Fsp3) is 0.368. The van der Waals surface area contributed by atoms with E-state index in [4.69, 9.17) is 4.74 Å². The van der Waals surface area contributed by atoms with Crippen molar-refractivity contribution >= 4 is 23.0 Å². The predicted molar refractivity (Wildman–Crippen MR) is 101 cm³/mol. The number of benzene rings is 1.